The number of hydrogen-bond donors (Lipinski definition) is 2. The van der Waals surface area contributed by atoms with Crippen LogP contribution in [0.1, 0.15) is 66.8 Å². The first-order valence-corrected chi connectivity index (χ1v) is 14.7. The molecule has 3 aromatic rings. The van der Waals surface area contributed by atoms with Crippen molar-refractivity contribution < 1.29 is 4.79 Å². The van der Waals surface area contributed by atoms with Crippen molar-refractivity contribution in [1.82, 2.24) is 15.3 Å². The van der Waals surface area contributed by atoms with Crippen LogP contribution >= 0.6 is 23.2 Å². The third-order valence-electron chi connectivity index (χ3n) is 8.00. The lowest BCUT2D eigenvalue weighted by Gasteiger charge is -2.30. The van der Waals surface area contributed by atoms with Crippen molar-refractivity contribution in [3.05, 3.63) is 81.0 Å². The highest BCUT2D eigenvalue weighted by Gasteiger charge is 2.27. The van der Waals surface area contributed by atoms with E-state index in [1.165, 1.54) is 24.1 Å². The molecule has 5 rings (SSSR count). The van der Waals surface area contributed by atoms with Gasteiger partial charge in [-0.15, -0.1) is 0 Å². The Morgan fingerprint density at radius 3 is 2.08 bits per heavy atom. The molecular formula is C31H37Cl2N5O. The van der Waals surface area contributed by atoms with Crippen LogP contribution in [0, 0.1) is 5.92 Å². The van der Waals surface area contributed by atoms with E-state index in [1.807, 2.05) is 48.5 Å². The van der Waals surface area contributed by atoms with E-state index in [4.69, 9.17) is 33.2 Å². The van der Waals surface area contributed by atoms with E-state index in [-0.39, 0.29) is 5.91 Å². The van der Waals surface area contributed by atoms with Crippen molar-refractivity contribution in [3.63, 3.8) is 0 Å². The Labute approximate surface area is 241 Å². The van der Waals surface area contributed by atoms with Crippen LogP contribution in [0.15, 0.2) is 48.5 Å². The standard InChI is InChI=1S/C31H37Cl2N5O/c1-38(2)29-26-5-3-4-6-27(26)36-31(37-29)35-25-17-7-20(8-18-25)19-34-30(39)28(21-9-13-23(32)14-10-21)22-11-15-24(33)16-12-22/h9-16,20,25,28H,3-8,17-19H2,1-2H3,(H,34,39)(H,35,36,37). The fourth-order valence-corrected chi connectivity index (χ4v) is 6.11. The zero-order valence-electron chi connectivity index (χ0n) is 22.7. The Hall–Kier alpha value is -2.83. The van der Waals surface area contributed by atoms with E-state index >= 15 is 0 Å². The molecule has 6 nitrogen and oxygen atoms in total. The van der Waals surface area contributed by atoms with Crippen LogP contribution in [-0.4, -0.2) is 42.6 Å². The second-order valence-electron chi connectivity index (χ2n) is 11.0. The minimum atomic E-state index is -0.412. The van der Waals surface area contributed by atoms with Gasteiger partial charge in [-0.1, -0.05) is 47.5 Å². The number of aromatic nitrogens is 2. The van der Waals surface area contributed by atoms with Crippen molar-refractivity contribution >= 4 is 40.9 Å². The number of nitrogens with one attached hydrogen (secondary N) is 2. The molecule has 39 heavy (non-hydrogen) atoms. The summed E-state index contributed by atoms with van der Waals surface area (Å²) in [5.74, 6) is 1.84. The van der Waals surface area contributed by atoms with Gasteiger partial charge < -0.3 is 15.5 Å². The number of benzene rings is 2. The fourth-order valence-electron chi connectivity index (χ4n) is 5.85. The van der Waals surface area contributed by atoms with Crippen LogP contribution in [0.3, 0.4) is 0 Å². The summed E-state index contributed by atoms with van der Waals surface area (Å²) in [4.78, 5) is 25.3. The molecule has 0 unspecified atom stereocenters. The van der Waals surface area contributed by atoms with Crippen LogP contribution in [0.4, 0.5) is 11.8 Å². The van der Waals surface area contributed by atoms with Crippen molar-refractivity contribution in [2.24, 2.45) is 5.92 Å². The number of anilines is 2. The molecule has 0 saturated heterocycles. The number of amides is 1. The topological polar surface area (TPSA) is 70.2 Å². The lowest BCUT2D eigenvalue weighted by atomic mass is 9.85. The number of hydrogen-bond acceptors (Lipinski definition) is 5. The molecule has 2 aromatic carbocycles. The van der Waals surface area contributed by atoms with Crippen molar-refractivity contribution in [3.8, 4) is 0 Å². The molecule has 1 heterocycles. The molecule has 1 amide bonds. The Morgan fingerprint density at radius 1 is 0.897 bits per heavy atom. The van der Waals surface area contributed by atoms with Crippen LogP contribution in [-0.2, 0) is 17.6 Å². The monoisotopic (exact) mass is 565 g/mol. The molecule has 2 N–H and O–H groups in total. The van der Waals surface area contributed by atoms with Crippen LogP contribution in [0.5, 0.6) is 0 Å². The first kappa shape index (κ1) is 27.7. The maximum atomic E-state index is 13.5. The lowest BCUT2D eigenvalue weighted by Crippen LogP contribution is -2.36. The molecule has 1 saturated carbocycles. The van der Waals surface area contributed by atoms with Gasteiger partial charge in [-0.3, -0.25) is 4.79 Å². The summed E-state index contributed by atoms with van der Waals surface area (Å²) >= 11 is 12.2. The average molecular weight is 567 g/mol. The largest absolute Gasteiger partial charge is 0.362 e. The zero-order valence-corrected chi connectivity index (χ0v) is 24.2. The van der Waals surface area contributed by atoms with E-state index < -0.39 is 5.92 Å². The Kier molecular flexibility index (Phi) is 8.93. The van der Waals surface area contributed by atoms with Gasteiger partial charge in [0.25, 0.3) is 0 Å². The molecule has 0 atom stereocenters. The smallest absolute Gasteiger partial charge is 0.232 e. The fraction of sp³-hybridized carbons (Fsp3) is 0.452. The molecule has 0 spiro atoms. The van der Waals surface area contributed by atoms with E-state index in [0.29, 0.717) is 28.5 Å². The van der Waals surface area contributed by atoms with E-state index in [0.717, 1.165) is 61.4 Å². The summed E-state index contributed by atoms with van der Waals surface area (Å²) in [6.07, 6.45) is 8.69. The number of carbonyl (C=O) groups excluding carboxylic acids is 1. The van der Waals surface area contributed by atoms with Gasteiger partial charge in [0.15, 0.2) is 0 Å². The first-order valence-electron chi connectivity index (χ1n) is 14.0. The van der Waals surface area contributed by atoms with Crippen LogP contribution in [0.2, 0.25) is 10.0 Å². The zero-order chi connectivity index (χ0) is 27.4. The maximum absolute atomic E-state index is 13.5. The van der Waals surface area contributed by atoms with E-state index in [9.17, 15) is 4.79 Å². The van der Waals surface area contributed by atoms with Crippen molar-refractivity contribution in [1.29, 1.82) is 0 Å². The summed E-state index contributed by atoms with van der Waals surface area (Å²) in [7, 11) is 4.12. The van der Waals surface area contributed by atoms with Gasteiger partial charge in [0.1, 0.15) is 5.82 Å². The predicted molar refractivity (Wildman–Crippen MR) is 160 cm³/mol. The van der Waals surface area contributed by atoms with Gasteiger partial charge in [0, 0.05) is 42.3 Å². The third-order valence-corrected chi connectivity index (χ3v) is 8.50. The number of rotatable bonds is 8. The first-order chi connectivity index (χ1) is 18.9. The number of fused-ring (bicyclic) bond motifs is 1. The number of halogens is 2. The SMILES string of the molecule is CN(C)c1nc(NC2CCC(CNC(=O)C(c3ccc(Cl)cc3)c3ccc(Cl)cc3)CC2)nc2c1CCCC2. The second-order valence-corrected chi connectivity index (χ2v) is 11.9. The normalized spacial score (nSPS) is 18.9. The molecule has 1 aromatic heterocycles. The maximum Gasteiger partial charge on any atom is 0.232 e. The van der Waals surface area contributed by atoms with Gasteiger partial charge in [0.2, 0.25) is 11.9 Å². The van der Waals surface area contributed by atoms with Gasteiger partial charge in [-0.25, -0.2) is 4.98 Å². The number of carbonyl (C=O) groups is 1. The highest BCUT2D eigenvalue weighted by molar-refractivity contribution is 6.30. The van der Waals surface area contributed by atoms with Gasteiger partial charge >= 0.3 is 0 Å². The highest BCUT2D eigenvalue weighted by atomic mass is 35.5. The minimum absolute atomic E-state index is 0.00133. The molecular weight excluding hydrogens is 529 g/mol. The number of aryl methyl sites for hydroxylation is 1. The Balaban J connectivity index is 1.18. The predicted octanol–water partition coefficient (Wildman–Crippen LogP) is 6.65. The van der Waals surface area contributed by atoms with Gasteiger partial charge in [-0.2, -0.15) is 4.98 Å². The van der Waals surface area contributed by atoms with Crippen molar-refractivity contribution in [2.45, 2.75) is 63.3 Å². The van der Waals surface area contributed by atoms with Gasteiger partial charge in [0.05, 0.1) is 11.6 Å². The van der Waals surface area contributed by atoms with E-state index in [1.54, 1.807) is 0 Å². The van der Waals surface area contributed by atoms with Crippen LogP contribution in [0.25, 0.3) is 0 Å². The lowest BCUT2D eigenvalue weighted by molar-refractivity contribution is -0.121. The summed E-state index contributed by atoms with van der Waals surface area (Å²) in [5, 5.41) is 8.17. The Morgan fingerprint density at radius 2 is 1.49 bits per heavy atom. The van der Waals surface area contributed by atoms with Crippen molar-refractivity contribution in [2.75, 3.05) is 30.9 Å². The number of nitrogens with zero attached hydrogens (tertiary/aromatic N) is 3. The summed E-state index contributed by atoms with van der Waals surface area (Å²) in [6, 6.07) is 15.3. The average Bonchev–Trinajstić information content (AvgIpc) is 2.94. The molecule has 0 aliphatic heterocycles. The molecule has 0 radical (unpaired) electrons. The molecule has 206 valence electrons. The quantitative estimate of drug-likeness (QED) is 0.320. The molecule has 2 aliphatic rings. The third kappa shape index (κ3) is 6.85. The summed E-state index contributed by atoms with van der Waals surface area (Å²) in [5.41, 5.74) is 4.34. The Bertz CT molecular complexity index is 1230. The van der Waals surface area contributed by atoms with Gasteiger partial charge in [-0.05, 0) is 92.7 Å². The summed E-state index contributed by atoms with van der Waals surface area (Å²) in [6.45, 7) is 0.670. The van der Waals surface area contributed by atoms with E-state index in [2.05, 4.69) is 29.6 Å². The van der Waals surface area contributed by atoms with Crippen LogP contribution < -0.4 is 15.5 Å². The highest BCUT2D eigenvalue weighted by Crippen LogP contribution is 2.31. The molecule has 1 fully saturated rings. The summed E-state index contributed by atoms with van der Waals surface area (Å²) < 4.78 is 0. The molecule has 2 aliphatic carbocycles. The second kappa shape index (κ2) is 12.6. The molecule has 8 heteroatoms. The minimum Gasteiger partial charge on any atom is -0.362 e. The molecule has 0 bridgehead atoms.